The first kappa shape index (κ1) is 15.8. The van der Waals surface area contributed by atoms with E-state index in [1.807, 2.05) is 19.1 Å². The molecule has 0 aliphatic heterocycles. The topological polar surface area (TPSA) is 38.5 Å². The molecular formula is C16H28N2O. The van der Waals surface area contributed by atoms with Crippen molar-refractivity contribution >= 4 is 5.69 Å². The number of ether oxygens (including phenoxy) is 1. The summed E-state index contributed by atoms with van der Waals surface area (Å²) in [6.45, 7) is 8.27. The molecule has 0 saturated heterocycles. The Hall–Kier alpha value is -1.22. The number of nitrogen functional groups attached to an aromatic ring is 1. The first-order valence-electron chi connectivity index (χ1n) is 7.29. The van der Waals surface area contributed by atoms with E-state index in [9.17, 15) is 0 Å². The maximum Gasteiger partial charge on any atom is 0.142 e. The molecule has 108 valence electrons. The van der Waals surface area contributed by atoms with E-state index in [2.05, 4.69) is 31.9 Å². The number of nitrogens with zero attached hydrogens (tertiary/aromatic N) is 1. The van der Waals surface area contributed by atoms with E-state index in [0.29, 0.717) is 12.6 Å². The van der Waals surface area contributed by atoms with Crippen molar-refractivity contribution in [3.8, 4) is 5.75 Å². The van der Waals surface area contributed by atoms with Crippen molar-refractivity contribution in [1.82, 2.24) is 4.90 Å². The van der Waals surface area contributed by atoms with Gasteiger partial charge in [-0.2, -0.15) is 0 Å². The molecule has 0 fully saturated rings. The number of anilines is 1. The molecule has 1 atom stereocenters. The summed E-state index contributed by atoms with van der Waals surface area (Å²) in [7, 11) is 2.19. The maximum atomic E-state index is 6.00. The molecule has 1 aromatic rings. The normalized spacial score (nSPS) is 12.7. The molecule has 0 aliphatic rings. The lowest BCUT2D eigenvalue weighted by atomic mass is 10.0. The predicted molar refractivity (Wildman–Crippen MR) is 82.7 cm³/mol. The Labute approximate surface area is 117 Å². The minimum Gasteiger partial charge on any atom is -0.492 e. The average Bonchev–Trinajstić information content (AvgIpc) is 2.39. The van der Waals surface area contributed by atoms with Crippen molar-refractivity contribution in [2.75, 3.05) is 25.9 Å². The van der Waals surface area contributed by atoms with Crippen LogP contribution in [0.1, 0.15) is 39.2 Å². The van der Waals surface area contributed by atoms with Gasteiger partial charge in [0.25, 0.3) is 0 Å². The number of hydrogen-bond acceptors (Lipinski definition) is 3. The molecule has 0 radical (unpaired) electrons. The van der Waals surface area contributed by atoms with E-state index in [4.69, 9.17) is 10.5 Å². The second-order valence-electron chi connectivity index (χ2n) is 5.19. The van der Waals surface area contributed by atoms with Gasteiger partial charge in [0, 0.05) is 6.04 Å². The average molecular weight is 264 g/mol. The van der Waals surface area contributed by atoms with Crippen molar-refractivity contribution in [3.05, 3.63) is 23.8 Å². The number of rotatable bonds is 8. The minimum absolute atomic E-state index is 0.531. The number of hydrogen-bond donors (Lipinski definition) is 1. The number of benzene rings is 1. The Bertz CT molecular complexity index is 379. The third-order valence-electron chi connectivity index (χ3n) is 3.52. The van der Waals surface area contributed by atoms with E-state index < -0.39 is 0 Å². The Morgan fingerprint density at radius 3 is 2.63 bits per heavy atom. The molecule has 3 heteroatoms. The summed E-state index contributed by atoms with van der Waals surface area (Å²) in [5.41, 5.74) is 8.01. The zero-order chi connectivity index (χ0) is 14.3. The van der Waals surface area contributed by atoms with Crippen LogP contribution in [0.25, 0.3) is 0 Å². The summed E-state index contributed by atoms with van der Waals surface area (Å²) in [6.07, 6.45) is 3.52. The third kappa shape index (κ3) is 5.11. The first-order valence-corrected chi connectivity index (χ1v) is 7.29. The summed E-state index contributed by atoms with van der Waals surface area (Å²) in [4.78, 5) is 2.41. The van der Waals surface area contributed by atoms with Crippen molar-refractivity contribution in [2.45, 2.75) is 46.1 Å². The highest BCUT2D eigenvalue weighted by Crippen LogP contribution is 2.23. The van der Waals surface area contributed by atoms with Crippen LogP contribution in [0.15, 0.2) is 18.2 Å². The SMILES string of the molecule is CCCCN(C)C(C)Cc1ccc(OCC)c(N)c1. The molecule has 19 heavy (non-hydrogen) atoms. The van der Waals surface area contributed by atoms with Crippen LogP contribution in [0.4, 0.5) is 5.69 Å². The molecular weight excluding hydrogens is 236 g/mol. The standard InChI is InChI=1S/C16H28N2O/c1-5-7-10-18(4)13(3)11-14-8-9-16(19-6-2)15(17)12-14/h8-9,12-13H,5-7,10-11,17H2,1-4H3. The summed E-state index contributed by atoms with van der Waals surface area (Å²) in [6, 6.07) is 6.66. The molecule has 0 amide bonds. The lowest BCUT2D eigenvalue weighted by molar-refractivity contribution is 0.252. The molecule has 1 rings (SSSR count). The van der Waals surface area contributed by atoms with Gasteiger partial charge in [-0.25, -0.2) is 0 Å². The van der Waals surface area contributed by atoms with Crippen LogP contribution >= 0.6 is 0 Å². The van der Waals surface area contributed by atoms with Crippen LogP contribution in [0.3, 0.4) is 0 Å². The molecule has 0 bridgehead atoms. The zero-order valence-corrected chi connectivity index (χ0v) is 12.8. The van der Waals surface area contributed by atoms with Gasteiger partial charge in [0.1, 0.15) is 5.75 Å². The van der Waals surface area contributed by atoms with Gasteiger partial charge in [0.15, 0.2) is 0 Å². The Kier molecular flexibility index (Phi) is 6.71. The molecule has 0 aromatic heterocycles. The summed E-state index contributed by atoms with van der Waals surface area (Å²) < 4.78 is 5.46. The van der Waals surface area contributed by atoms with Crippen molar-refractivity contribution < 1.29 is 4.74 Å². The van der Waals surface area contributed by atoms with E-state index >= 15 is 0 Å². The minimum atomic E-state index is 0.531. The highest BCUT2D eigenvalue weighted by atomic mass is 16.5. The van der Waals surface area contributed by atoms with Gasteiger partial charge in [-0.15, -0.1) is 0 Å². The summed E-state index contributed by atoms with van der Waals surface area (Å²) in [5.74, 6) is 0.790. The molecule has 1 aromatic carbocycles. The molecule has 2 N–H and O–H groups in total. The van der Waals surface area contributed by atoms with Crippen molar-refractivity contribution in [2.24, 2.45) is 0 Å². The van der Waals surface area contributed by atoms with Gasteiger partial charge in [-0.1, -0.05) is 19.4 Å². The van der Waals surface area contributed by atoms with Crippen molar-refractivity contribution in [3.63, 3.8) is 0 Å². The van der Waals surface area contributed by atoms with Crippen LogP contribution in [0.5, 0.6) is 5.75 Å². The fourth-order valence-corrected chi connectivity index (χ4v) is 2.14. The monoisotopic (exact) mass is 264 g/mol. The predicted octanol–water partition coefficient (Wildman–Crippen LogP) is 3.33. The van der Waals surface area contributed by atoms with E-state index in [1.54, 1.807) is 0 Å². The summed E-state index contributed by atoms with van der Waals surface area (Å²) in [5, 5.41) is 0. The summed E-state index contributed by atoms with van der Waals surface area (Å²) >= 11 is 0. The van der Waals surface area contributed by atoms with Gasteiger partial charge < -0.3 is 15.4 Å². The number of likely N-dealkylation sites (N-methyl/N-ethyl adjacent to an activating group) is 1. The van der Waals surface area contributed by atoms with Crippen molar-refractivity contribution in [1.29, 1.82) is 0 Å². The van der Waals surface area contributed by atoms with Gasteiger partial charge in [0.05, 0.1) is 12.3 Å². The number of unbranched alkanes of at least 4 members (excludes halogenated alkanes) is 1. The molecule has 0 heterocycles. The fourth-order valence-electron chi connectivity index (χ4n) is 2.14. The van der Waals surface area contributed by atoms with Crippen LogP contribution in [0.2, 0.25) is 0 Å². The molecule has 1 unspecified atom stereocenters. The highest BCUT2D eigenvalue weighted by molar-refractivity contribution is 5.54. The zero-order valence-electron chi connectivity index (χ0n) is 12.8. The quantitative estimate of drug-likeness (QED) is 0.732. The fraction of sp³-hybridized carbons (Fsp3) is 0.625. The third-order valence-corrected chi connectivity index (χ3v) is 3.52. The second-order valence-corrected chi connectivity index (χ2v) is 5.19. The molecule has 0 spiro atoms. The van der Waals surface area contributed by atoms with Crippen LogP contribution in [-0.4, -0.2) is 31.1 Å². The Morgan fingerprint density at radius 2 is 2.05 bits per heavy atom. The maximum absolute atomic E-state index is 6.00. The van der Waals surface area contributed by atoms with Gasteiger partial charge in [0.2, 0.25) is 0 Å². The van der Waals surface area contributed by atoms with Gasteiger partial charge in [-0.3, -0.25) is 0 Å². The first-order chi connectivity index (χ1) is 9.08. The molecule has 3 nitrogen and oxygen atoms in total. The Balaban J connectivity index is 2.59. The van der Waals surface area contributed by atoms with Gasteiger partial charge >= 0.3 is 0 Å². The van der Waals surface area contributed by atoms with Crippen LogP contribution in [-0.2, 0) is 6.42 Å². The van der Waals surface area contributed by atoms with E-state index in [0.717, 1.165) is 24.4 Å². The smallest absolute Gasteiger partial charge is 0.142 e. The second kappa shape index (κ2) is 8.05. The van der Waals surface area contributed by atoms with E-state index in [1.165, 1.54) is 18.4 Å². The lowest BCUT2D eigenvalue weighted by Gasteiger charge is -2.24. The van der Waals surface area contributed by atoms with Gasteiger partial charge in [-0.05, 0) is 58.0 Å². The largest absolute Gasteiger partial charge is 0.492 e. The van der Waals surface area contributed by atoms with Crippen LogP contribution in [0, 0.1) is 0 Å². The molecule has 0 aliphatic carbocycles. The number of nitrogens with two attached hydrogens (primary N) is 1. The highest BCUT2D eigenvalue weighted by Gasteiger charge is 2.10. The Morgan fingerprint density at radius 1 is 1.32 bits per heavy atom. The van der Waals surface area contributed by atoms with Crippen LogP contribution < -0.4 is 10.5 Å². The van der Waals surface area contributed by atoms with E-state index in [-0.39, 0.29) is 0 Å². The lowest BCUT2D eigenvalue weighted by Crippen LogP contribution is -2.31. The molecule has 0 saturated carbocycles.